The molecule has 3 aliphatic heterocycles. The van der Waals surface area contributed by atoms with E-state index in [2.05, 4.69) is 26.0 Å². The fourth-order valence-electron chi connectivity index (χ4n) is 4.06. The maximum absolute atomic E-state index is 9.67. The first-order chi connectivity index (χ1) is 11.5. The third kappa shape index (κ3) is 1.92. The average molecular weight is 324 g/mol. The first kappa shape index (κ1) is 14.0. The maximum Gasteiger partial charge on any atom is 0.138 e. The van der Waals surface area contributed by atoms with Crippen LogP contribution in [0.2, 0.25) is 0 Å². The maximum atomic E-state index is 9.67. The molecule has 0 aromatic heterocycles. The quantitative estimate of drug-likeness (QED) is 0.792. The number of hydrogen-bond donors (Lipinski definition) is 1. The van der Waals surface area contributed by atoms with Gasteiger partial charge in [-0.3, -0.25) is 0 Å². The van der Waals surface area contributed by atoms with Crippen LogP contribution in [0.25, 0.3) is 0 Å². The van der Waals surface area contributed by atoms with Gasteiger partial charge in [-0.15, -0.1) is 0 Å². The molecule has 0 spiro atoms. The molecule has 0 bridgehead atoms. The van der Waals surface area contributed by atoms with Crippen molar-refractivity contribution in [2.75, 3.05) is 6.61 Å². The Labute approximate surface area is 141 Å². The van der Waals surface area contributed by atoms with E-state index in [4.69, 9.17) is 14.2 Å². The molecule has 0 amide bonds. The Morgan fingerprint density at radius 3 is 2.79 bits per heavy atom. The number of phenolic OH excluding ortho intramolecular Hbond substituents is 1. The van der Waals surface area contributed by atoms with Crippen LogP contribution in [0.1, 0.15) is 49.0 Å². The van der Waals surface area contributed by atoms with Gasteiger partial charge in [0.2, 0.25) is 0 Å². The molecule has 0 fully saturated rings. The van der Waals surface area contributed by atoms with Crippen LogP contribution in [0.4, 0.5) is 0 Å². The van der Waals surface area contributed by atoms with Crippen LogP contribution in [0.15, 0.2) is 30.3 Å². The van der Waals surface area contributed by atoms with Gasteiger partial charge in [-0.25, -0.2) is 0 Å². The molecule has 24 heavy (non-hydrogen) atoms. The molecular weight excluding hydrogens is 304 g/mol. The van der Waals surface area contributed by atoms with Gasteiger partial charge in [-0.05, 0) is 44.9 Å². The normalized spacial score (nSPS) is 25.2. The molecule has 0 aliphatic carbocycles. The third-order valence-electron chi connectivity index (χ3n) is 5.34. The fourth-order valence-corrected chi connectivity index (χ4v) is 4.06. The van der Waals surface area contributed by atoms with E-state index in [1.807, 2.05) is 6.07 Å². The molecular formula is C20H20O4. The minimum atomic E-state index is -0.125. The zero-order chi connectivity index (χ0) is 16.5. The number of aromatic hydroxyl groups is 1. The summed E-state index contributed by atoms with van der Waals surface area (Å²) in [5.41, 5.74) is 3.27. The van der Waals surface area contributed by atoms with E-state index >= 15 is 0 Å². The van der Waals surface area contributed by atoms with Gasteiger partial charge in [0.1, 0.15) is 34.7 Å². The van der Waals surface area contributed by atoms with Crippen LogP contribution in [-0.4, -0.2) is 17.3 Å². The molecule has 2 atom stereocenters. The molecule has 3 heterocycles. The van der Waals surface area contributed by atoms with Crippen molar-refractivity contribution in [3.8, 4) is 23.0 Å². The Kier molecular flexibility index (Phi) is 2.68. The molecule has 3 aliphatic rings. The van der Waals surface area contributed by atoms with Gasteiger partial charge < -0.3 is 19.3 Å². The molecule has 2 aromatic carbocycles. The van der Waals surface area contributed by atoms with E-state index in [0.29, 0.717) is 6.61 Å². The van der Waals surface area contributed by atoms with E-state index in [1.54, 1.807) is 12.1 Å². The Morgan fingerprint density at radius 1 is 1.08 bits per heavy atom. The summed E-state index contributed by atoms with van der Waals surface area (Å²) in [4.78, 5) is 0. The molecule has 4 heteroatoms. The summed E-state index contributed by atoms with van der Waals surface area (Å²) in [6.45, 7) is 4.82. The van der Waals surface area contributed by atoms with Crippen molar-refractivity contribution in [2.45, 2.75) is 44.3 Å². The van der Waals surface area contributed by atoms with Gasteiger partial charge in [0.15, 0.2) is 0 Å². The highest BCUT2D eigenvalue weighted by atomic mass is 16.5. The second-order valence-electron chi connectivity index (χ2n) is 7.50. The smallest absolute Gasteiger partial charge is 0.138 e. The predicted molar refractivity (Wildman–Crippen MR) is 89.2 cm³/mol. The standard InChI is InChI=1S/C20H20O4/c1-20(2)8-7-14-16(24-20)6-5-12-15-10-22-17-9-11(21)3-4-13(17)19(15)23-18(12)14/h3-6,9,15,19,21H,7-8,10H2,1-2H3. The van der Waals surface area contributed by atoms with Gasteiger partial charge in [0, 0.05) is 22.8 Å². The lowest BCUT2D eigenvalue weighted by Gasteiger charge is -2.33. The van der Waals surface area contributed by atoms with E-state index < -0.39 is 0 Å². The van der Waals surface area contributed by atoms with E-state index in [1.165, 1.54) is 11.1 Å². The minimum Gasteiger partial charge on any atom is -0.508 e. The molecule has 5 rings (SSSR count). The largest absolute Gasteiger partial charge is 0.508 e. The lowest BCUT2D eigenvalue weighted by Crippen LogP contribution is -2.32. The summed E-state index contributed by atoms with van der Waals surface area (Å²) in [6.07, 6.45) is 1.90. The average Bonchev–Trinajstić information content (AvgIpc) is 2.92. The first-order valence-electron chi connectivity index (χ1n) is 8.49. The lowest BCUT2D eigenvalue weighted by atomic mass is 9.87. The summed E-state index contributed by atoms with van der Waals surface area (Å²) in [7, 11) is 0. The minimum absolute atomic E-state index is 0.0502. The number of phenols is 1. The topological polar surface area (TPSA) is 47.9 Å². The van der Waals surface area contributed by atoms with E-state index in [9.17, 15) is 5.11 Å². The highest BCUT2D eigenvalue weighted by Crippen LogP contribution is 2.55. The fraction of sp³-hybridized carbons (Fsp3) is 0.400. The number of ether oxygens (including phenoxy) is 3. The lowest BCUT2D eigenvalue weighted by molar-refractivity contribution is 0.0823. The zero-order valence-corrected chi connectivity index (χ0v) is 13.8. The van der Waals surface area contributed by atoms with Crippen LogP contribution in [0.5, 0.6) is 23.0 Å². The molecule has 4 nitrogen and oxygen atoms in total. The SMILES string of the molecule is CC1(C)CCc2c(ccc3c2OC2c4ccc(O)cc4OCC32)O1. The number of benzene rings is 2. The van der Waals surface area contributed by atoms with Crippen molar-refractivity contribution in [1.29, 1.82) is 0 Å². The Morgan fingerprint density at radius 2 is 1.92 bits per heavy atom. The van der Waals surface area contributed by atoms with Crippen molar-refractivity contribution in [1.82, 2.24) is 0 Å². The van der Waals surface area contributed by atoms with Crippen LogP contribution in [0.3, 0.4) is 0 Å². The first-order valence-corrected chi connectivity index (χ1v) is 8.49. The molecule has 0 saturated carbocycles. The molecule has 124 valence electrons. The van der Waals surface area contributed by atoms with Crippen LogP contribution >= 0.6 is 0 Å². The Hall–Kier alpha value is -2.36. The molecule has 2 unspecified atom stereocenters. The van der Waals surface area contributed by atoms with Crippen molar-refractivity contribution in [3.05, 3.63) is 47.0 Å². The predicted octanol–water partition coefficient (Wildman–Crippen LogP) is 4.11. The summed E-state index contributed by atoms with van der Waals surface area (Å²) in [5, 5.41) is 9.67. The summed E-state index contributed by atoms with van der Waals surface area (Å²) < 4.78 is 18.4. The van der Waals surface area contributed by atoms with Crippen molar-refractivity contribution in [2.24, 2.45) is 0 Å². The monoisotopic (exact) mass is 324 g/mol. The molecule has 2 aromatic rings. The molecule has 1 N–H and O–H groups in total. The van der Waals surface area contributed by atoms with Crippen molar-refractivity contribution >= 4 is 0 Å². The van der Waals surface area contributed by atoms with Gasteiger partial charge in [0.25, 0.3) is 0 Å². The Balaban J connectivity index is 1.58. The van der Waals surface area contributed by atoms with Gasteiger partial charge in [-0.1, -0.05) is 6.07 Å². The van der Waals surface area contributed by atoms with Crippen molar-refractivity contribution in [3.63, 3.8) is 0 Å². The van der Waals surface area contributed by atoms with Crippen LogP contribution in [-0.2, 0) is 6.42 Å². The number of fused-ring (bicyclic) bond motifs is 7. The van der Waals surface area contributed by atoms with Gasteiger partial charge in [0.05, 0.1) is 12.5 Å². The number of hydrogen-bond acceptors (Lipinski definition) is 4. The van der Waals surface area contributed by atoms with E-state index in [0.717, 1.165) is 35.7 Å². The second-order valence-corrected chi connectivity index (χ2v) is 7.50. The van der Waals surface area contributed by atoms with Gasteiger partial charge in [-0.2, -0.15) is 0 Å². The van der Waals surface area contributed by atoms with Crippen molar-refractivity contribution < 1.29 is 19.3 Å². The Bertz CT molecular complexity index is 840. The summed E-state index contributed by atoms with van der Waals surface area (Å²) in [6, 6.07) is 9.46. The van der Waals surface area contributed by atoms with Gasteiger partial charge >= 0.3 is 0 Å². The summed E-state index contributed by atoms with van der Waals surface area (Å²) >= 11 is 0. The molecule has 0 saturated heterocycles. The van der Waals surface area contributed by atoms with E-state index in [-0.39, 0.29) is 23.4 Å². The third-order valence-corrected chi connectivity index (χ3v) is 5.34. The number of rotatable bonds is 0. The zero-order valence-electron chi connectivity index (χ0n) is 13.8. The molecule has 0 radical (unpaired) electrons. The highest BCUT2D eigenvalue weighted by molar-refractivity contribution is 5.58. The highest BCUT2D eigenvalue weighted by Gasteiger charge is 2.43. The second kappa shape index (κ2) is 4.59. The summed E-state index contributed by atoms with van der Waals surface area (Å²) in [5.74, 6) is 3.04. The van der Waals surface area contributed by atoms with Crippen LogP contribution < -0.4 is 14.2 Å². The van der Waals surface area contributed by atoms with Crippen LogP contribution in [0, 0.1) is 0 Å².